The summed E-state index contributed by atoms with van der Waals surface area (Å²) in [6, 6.07) is 12.8. The summed E-state index contributed by atoms with van der Waals surface area (Å²) in [5, 5.41) is 2.86. The average molecular weight is 381 g/mol. The number of rotatable bonds is 2. The number of fused-ring (bicyclic) bond motifs is 1. The van der Waals surface area contributed by atoms with Crippen molar-refractivity contribution in [2.45, 2.75) is 0 Å². The van der Waals surface area contributed by atoms with Crippen LogP contribution in [0.15, 0.2) is 42.5 Å². The van der Waals surface area contributed by atoms with Crippen LogP contribution in [0.4, 0.5) is 5.69 Å². The summed E-state index contributed by atoms with van der Waals surface area (Å²) in [6.45, 7) is 1.09. The van der Waals surface area contributed by atoms with Crippen LogP contribution in [0.5, 0.6) is 11.5 Å². The van der Waals surface area contributed by atoms with E-state index in [0.717, 1.165) is 3.57 Å². The smallest absolute Gasteiger partial charge is 0.255 e. The number of carbonyl (C=O) groups is 1. The molecule has 1 heterocycles. The summed E-state index contributed by atoms with van der Waals surface area (Å²) in [4.78, 5) is 12.1. The van der Waals surface area contributed by atoms with Gasteiger partial charge in [0.25, 0.3) is 5.91 Å². The molecule has 0 saturated heterocycles. The monoisotopic (exact) mass is 381 g/mol. The fourth-order valence-corrected chi connectivity index (χ4v) is 2.50. The number of amides is 1. The topological polar surface area (TPSA) is 47.6 Å². The van der Waals surface area contributed by atoms with E-state index in [1.165, 1.54) is 0 Å². The quantitative estimate of drug-likeness (QED) is 0.813. The molecule has 3 rings (SSSR count). The van der Waals surface area contributed by atoms with Crippen molar-refractivity contribution in [2.75, 3.05) is 18.5 Å². The van der Waals surface area contributed by atoms with Crippen molar-refractivity contribution in [3.05, 3.63) is 51.6 Å². The summed E-state index contributed by atoms with van der Waals surface area (Å²) in [6.07, 6.45) is 0. The lowest BCUT2D eigenvalue weighted by atomic mass is 10.2. The number of nitrogens with one attached hydrogen (secondary N) is 1. The second-order valence-electron chi connectivity index (χ2n) is 4.32. The molecule has 0 atom stereocenters. The molecule has 0 saturated carbocycles. The molecule has 0 bridgehead atoms. The minimum absolute atomic E-state index is 0.139. The van der Waals surface area contributed by atoms with Gasteiger partial charge in [-0.25, -0.2) is 0 Å². The van der Waals surface area contributed by atoms with Crippen molar-refractivity contribution in [1.29, 1.82) is 0 Å². The van der Waals surface area contributed by atoms with Gasteiger partial charge in [0.15, 0.2) is 11.5 Å². The van der Waals surface area contributed by atoms with Crippen molar-refractivity contribution in [2.24, 2.45) is 0 Å². The third kappa shape index (κ3) is 2.87. The highest BCUT2D eigenvalue weighted by Gasteiger charge is 2.13. The van der Waals surface area contributed by atoms with E-state index in [1.54, 1.807) is 24.3 Å². The molecule has 4 nitrogen and oxygen atoms in total. The highest BCUT2D eigenvalue weighted by atomic mass is 127. The van der Waals surface area contributed by atoms with Crippen LogP contribution in [0.3, 0.4) is 0 Å². The van der Waals surface area contributed by atoms with Gasteiger partial charge in [-0.3, -0.25) is 4.79 Å². The third-order valence-corrected chi connectivity index (χ3v) is 3.56. The molecule has 2 aromatic rings. The number of anilines is 1. The first-order valence-electron chi connectivity index (χ1n) is 6.19. The molecule has 20 heavy (non-hydrogen) atoms. The zero-order valence-electron chi connectivity index (χ0n) is 10.6. The molecule has 0 fully saturated rings. The van der Waals surface area contributed by atoms with Crippen LogP contribution in [-0.4, -0.2) is 19.1 Å². The predicted octanol–water partition coefficient (Wildman–Crippen LogP) is 3.31. The van der Waals surface area contributed by atoms with E-state index < -0.39 is 0 Å². The summed E-state index contributed by atoms with van der Waals surface area (Å²) < 4.78 is 12.0. The van der Waals surface area contributed by atoms with Gasteiger partial charge >= 0.3 is 0 Å². The van der Waals surface area contributed by atoms with Gasteiger partial charge in [0.1, 0.15) is 13.2 Å². The Labute approximate surface area is 130 Å². The van der Waals surface area contributed by atoms with Crippen molar-refractivity contribution in [3.63, 3.8) is 0 Å². The van der Waals surface area contributed by atoms with Crippen molar-refractivity contribution in [3.8, 4) is 11.5 Å². The van der Waals surface area contributed by atoms with E-state index in [2.05, 4.69) is 27.9 Å². The summed E-state index contributed by atoms with van der Waals surface area (Å²) in [5.74, 6) is 1.24. The number of benzene rings is 2. The first-order chi connectivity index (χ1) is 9.72. The Morgan fingerprint density at radius 3 is 2.65 bits per heavy atom. The number of halogens is 1. The van der Waals surface area contributed by atoms with Gasteiger partial charge in [0, 0.05) is 20.9 Å². The van der Waals surface area contributed by atoms with Gasteiger partial charge in [0.2, 0.25) is 0 Å². The first-order valence-corrected chi connectivity index (χ1v) is 7.27. The van der Waals surface area contributed by atoms with E-state index in [-0.39, 0.29) is 5.91 Å². The number of hydrogen-bond donors (Lipinski definition) is 1. The Morgan fingerprint density at radius 1 is 1.05 bits per heavy atom. The van der Waals surface area contributed by atoms with Gasteiger partial charge in [-0.05, 0) is 52.9 Å². The Kier molecular flexibility index (Phi) is 3.77. The number of carbonyl (C=O) groups excluding carboxylic acids is 1. The van der Waals surface area contributed by atoms with Crippen LogP contribution in [0.2, 0.25) is 0 Å². The molecule has 0 aliphatic carbocycles. The Morgan fingerprint density at radius 2 is 1.85 bits per heavy atom. The molecule has 1 amide bonds. The Balaban J connectivity index is 1.79. The Hall–Kier alpha value is -1.76. The fourth-order valence-electron chi connectivity index (χ4n) is 1.95. The minimum Gasteiger partial charge on any atom is -0.486 e. The molecule has 0 spiro atoms. The molecule has 0 aromatic heterocycles. The number of hydrogen-bond acceptors (Lipinski definition) is 3. The van der Waals surface area contributed by atoms with Crippen LogP contribution in [0.1, 0.15) is 10.4 Å². The molecule has 102 valence electrons. The van der Waals surface area contributed by atoms with Crippen LogP contribution >= 0.6 is 22.6 Å². The SMILES string of the molecule is O=C(Nc1ccc2c(c1)OCCO2)c1cccc(I)c1. The molecule has 0 radical (unpaired) electrons. The van der Waals surface area contributed by atoms with E-state index in [0.29, 0.717) is 36.0 Å². The molecule has 5 heteroatoms. The van der Waals surface area contributed by atoms with Gasteiger partial charge in [-0.15, -0.1) is 0 Å². The van der Waals surface area contributed by atoms with E-state index >= 15 is 0 Å². The zero-order chi connectivity index (χ0) is 13.9. The summed E-state index contributed by atoms with van der Waals surface area (Å²) in [7, 11) is 0. The molecular formula is C15H12INO3. The molecule has 1 N–H and O–H groups in total. The molecule has 2 aromatic carbocycles. The van der Waals surface area contributed by atoms with Crippen molar-refractivity contribution >= 4 is 34.2 Å². The van der Waals surface area contributed by atoms with E-state index in [4.69, 9.17) is 9.47 Å². The molecular weight excluding hydrogens is 369 g/mol. The highest BCUT2D eigenvalue weighted by Crippen LogP contribution is 2.32. The van der Waals surface area contributed by atoms with Crippen molar-refractivity contribution in [1.82, 2.24) is 0 Å². The van der Waals surface area contributed by atoms with Gasteiger partial charge in [-0.2, -0.15) is 0 Å². The van der Waals surface area contributed by atoms with E-state index in [9.17, 15) is 4.79 Å². The van der Waals surface area contributed by atoms with Crippen LogP contribution < -0.4 is 14.8 Å². The van der Waals surface area contributed by atoms with Gasteiger partial charge < -0.3 is 14.8 Å². The van der Waals surface area contributed by atoms with Gasteiger partial charge in [0.05, 0.1) is 0 Å². The standard InChI is InChI=1S/C15H12INO3/c16-11-3-1-2-10(8-11)15(18)17-12-4-5-13-14(9-12)20-7-6-19-13/h1-5,8-9H,6-7H2,(H,17,18). The lowest BCUT2D eigenvalue weighted by molar-refractivity contribution is 0.102. The summed E-state index contributed by atoms with van der Waals surface area (Å²) >= 11 is 2.18. The van der Waals surface area contributed by atoms with Crippen LogP contribution in [-0.2, 0) is 0 Å². The highest BCUT2D eigenvalue weighted by molar-refractivity contribution is 14.1. The van der Waals surface area contributed by atoms with Gasteiger partial charge in [-0.1, -0.05) is 6.07 Å². The number of ether oxygens (including phenoxy) is 2. The lowest BCUT2D eigenvalue weighted by Gasteiger charge is -2.19. The minimum atomic E-state index is -0.139. The Bertz CT molecular complexity index is 657. The maximum absolute atomic E-state index is 12.1. The van der Waals surface area contributed by atoms with Crippen LogP contribution in [0.25, 0.3) is 0 Å². The predicted molar refractivity (Wildman–Crippen MR) is 84.5 cm³/mol. The maximum Gasteiger partial charge on any atom is 0.255 e. The molecule has 1 aliphatic heterocycles. The average Bonchev–Trinajstić information content (AvgIpc) is 2.47. The van der Waals surface area contributed by atoms with Crippen LogP contribution in [0, 0.1) is 3.57 Å². The normalized spacial score (nSPS) is 12.8. The molecule has 1 aliphatic rings. The lowest BCUT2D eigenvalue weighted by Crippen LogP contribution is -2.16. The molecule has 0 unspecified atom stereocenters. The second kappa shape index (κ2) is 5.70. The second-order valence-corrected chi connectivity index (χ2v) is 5.57. The largest absolute Gasteiger partial charge is 0.486 e. The zero-order valence-corrected chi connectivity index (χ0v) is 12.7. The first kappa shape index (κ1) is 13.2. The summed E-state index contributed by atoms with van der Waals surface area (Å²) in [5.41, 5.74) is 1.32. The fraction of sp³-hybridized carbons (Fsp3) is 0.133. The van der Waals surface area contributed by atoms with Crippen molar-refractivity contribution < 1.29 is 14.3 Å². The maximum atomic E-state index is 12.1. The third-order valence-electron chi connectivity index (χ3n) is 2.89. The van der Waals surface area contributed by atoms with E-state index in [1.807, 2.05) is 18.2 Å².